The van der Waals surface area contributed by atoms with E-state index < -0.39 is 9.05 Å². The first kappa shape index (κ1) is 14.6. The second-order valence-corrected chi connectivity index (χ2v) is 6.46. The van der Waals surface area contributed by atoms with Crippen molar-refractivity contribution in [1.82, 2.24) is 4.98 Å². The molecule has 0 unspecified atom stereocenters. The number of aromatic nitrogens is 1. The van der Waals surface area contributed by atoms with E-state index in [4.69, 9.17) is 15.4 Å². The van der Waals surface area contributed by atoms with Gasteiger partial charge in [-0.05, 0) is 31.2 Å². The number of pyridine rings is 1. The highest BCUT2D eigenvalue weighted by Gasteiger charge is 2.17. The third-order valence-electron chi connectivity index (χ3n) is 2.62. The standard InChI is InChI=1S/C14H12ClNO3S/c1-2-3-4-10-19-12-7-8-13(20(15,17)18)14-11(12)6-5-9-16-14/h5-9H,4,10H2,1H3. The van der Waals surface area contributed by atoms with Crippen molar-refractivity contribution in [2.24, 2.45) is 0 Å². The minimum absolute atomic E-state index is 0.0181. The fraction of sp³-hybridized carbons (Fsp3) is 0.214. The van der Waals surface area contributed by atoms with Gasteiger partial charge in [-0.2, -0.15) is 0 Å². The van der Waals surface area contributed by atoms with Gasteiger partial charge in [0.1, 0.15) is 10.6 Å². The maximum atomic E-state index is 11.5. The molecule has 1 aromatic heterocycles. The molecule has 0 aliphatic carbocycles. The van der Waals surface area contributed by atoms with Crippen molar-refractivity contribution in [3.63, 3.8) is 0 Å². The van der Waals surface area contributed by atoms with Crippen molar-refractivity contribution in [3.8, 4) is 17.6 Å². The molecule has 2 rings (SSSR count). The summed E-state index contributed by atoms with van der Waals surface area (Å²) in [6, 6.07) is 6.44. The summed E-state index contributed by atoms with van der Waals surface area (Å²) in [5, 5.41) is 0.610. The van der Waals surface area contributed by atoms with Gasteiger partial charge < -0.3 is 4.74 Å². The van der Waals surface area contributed by atoms with Crippen LogP contribution in [0.25, 0.3) is 10.9 Å². The second kappa shape index (κ2) is 6.12. The zero-order chi connectivity index (χ0) is 14.6. The van der Waals surface area contributed by atoms with Crippen LogP contribution < -0.4 is 4.74 Å². The van der Waals surface area contributed by atoms with Crippen molar-refractivity contribution in [3.05, 3.63) is 30.5 Å². The number of ether oxygens (including phenoxy) is 1. The zero-order valence-electron chi connectivity index (χ0n) is 10.8. The lowest BCUT2D eigenvalue weighted by atomic mass is 10.2. The van der Waals surface area contributed by atoms with E-state index in [1.807, 2.05) is 0 Å². The van der Waals surface area contributed by atoms with Gasteiger partial charge in [0.05, 0.1) is 12.1 Å². The van der Waals surface area contributed by atoms with Gasteiger partial charge in [-0.15, -0.1) is 11.8 Å². The summed E-state index contributed by atoms with van der Waals surface area (Å²) in [6.07, 6.45) is 2.12. The lowest BCUT2D eigenvalue weighted by molar-refractivity contribution is 0.331. The molecule has 0 amide bonds. The third kappa shape index (κ3) is 3.21. The zero-order valence-corrected chi connectivity index (χ0v) is 12.3. The van der Waals surface area contributed by atoms with Crippen LogP contribution in [-0.2, 0) is 9.05 Å². The van der Waals surface area contributed by atoms with Gasteiger partial charge in [0, 0.05) is 28.7 Å². The van der Waals surface area contributed by atoms with Gasteiger partial charge in [-0.3, -0.25) is 4.98 Å². The lowest BCUT2D eigenvalue weighted by Crippen LogP contribution is -1.99. The van der Waals surface area contributed by atoms with Crippen LogP contribution in [0.2, 0.25) is 0 Å². The summed E-state index contributed by atoms with van der Waals surface area (Å²) in [6.45, 7) is 2.19. The highest BCUT2D eigenvalue weighted by Crippen LogP contribution is 2.31. The Hall–Kier alpha value is -1.77. The molecule has 0 radical (unpaired) electrons. The number of nitrogens with zero attached hydrogens (tertiary/aromatic N) is 1. The van der Waals surface area contributed by atoms with E-state index in [0.29, 0.717) is 29.7 Å². The Kier molecular flexibility index (Phi) is 4.48. The van der Waals surface area contributed by atoms with Crippen molar-refractivity contribution in [1.29, 1.82) is 0 Å². The van der Waals surface area contributed by atoms with Crippen molar-refractivity contribution in [2.45, 2.75) is 18.2 Å². The van der Waals surface area contributed by atoms with E-state index in [-0.39, 0.29) is 4.90 Å². The fourth-order valence-corrected chi connectivity index (χ4v) is 2.78. The Bertz CT molecular complexity index is 791. The quantitative estimate of drug-likeness (QED) is 0.495. The Morgan fingerprint density at radius 3 is 2.85 bits per heavy atom. The van der Waals surface area contributed by atoms with Crippen molar-refractivity contribution in [2.75, 3.05) is 6.61 Å². The van der Waals surface area contributed by atoms with Crippen LogP contribution in [0.3, 0.4) is 0 Å². The maximum Gasteiger partial charge on any atom is 0.263 e. The van der Waals surface area contributed by atoms with Gasteiger partial charge in [-0.1, -0.05) is 0 Å². The number of halogens is 1. The summed E-state index contributed by atoms with van der Waals surface area (Å²) in [5.74, 6) is 6.24. The summed E-state index contributed by atoms with van der Waals surface area (Å²) >= 11 is 0. The first-order chi connectivity index (χ1) is 9.54. The normalized spacial score (nSPS) is 10.9. The summed E-state index contributed by atoms with van der Waals surface area (Å²) < 4.78 is 28.7. The molecule has 4 nitrogen and oxygen atoms in total. The minimum Gasteiger partial charge on any atom is -0.492 e. The molecule has 1 heterocycles. The molecule has 0 aliphatic rings. The summed E-state index contributed by atoms with van der Waals surface area (Å²) in [7, 11) is 1.57. The summed E-state index contributed by atoms with van der Waals surface area (Å²) in [4.78, 5) is 4.06. The van der Waals surface area contributed by atoms with E-state index >= 15 is 0 Å². The SMILES string of the molecule is CC#CCCOc1ccc(S(=O)(=O)Cl)c2ncccc12. The molecule has 0 atom stereocenters. The second-order valence-electron chi connectivity index (χ2n) is 3.92. The Morgan fingerprint density at radius 1 is 1.35 bits per heavy atom. The molecule has 0 fully saturated rings. The van der Waals surface area contributed by atoms with E-state index in [2.05, 4.69) is 16.8 Å². The molecule has 0 spiro atoms. The maximum absolute atomic E-state index is 11.5. The van der Waals surface area contributed by atoms with E-state index in [0.717, 1.165) is 0 Å². The highest BCUT2D eigenvalue weighted by atomic mass is 35.7. The Labute approximate surface area is 122 Å². The number of benzene rings is 1. The third-order valence-corrected chi connectivity index (χ3v) is 3.97. The van der Waals surface area contributed by atoms with E-state index in [9.17, 15) is 8.42 Å². The molecule has 0 N–H and O–H groups in total. The topological polar surface area (TPSA) is 56.3 Å². The number of hydrogen-bond acceptors (Lipinski definition) is 4. The first-order valence-corrected chi connectivity index (χ1v) is 8.20. The Balaban J connectivity index is 2.45. The smallest absolute Gasteiger partial charge is 0.263 e. The average molecular weight is 310 g/mol. The minimum atomic E-state index is -3.84. The molecule has 0 saturated carbocycles. The van der Waals surface area contributed by atoms with Crippen LogP contribution >= 0.6 is 10.7 Å². The molecule has 104 valence electrons. The van der Waals surface area contributed by atoms with Gasteiger partial charge in [-0.25, -0.2) is 8.42 Å². The molecule has 2 aromatic rings. The van der Waals surface area contributed by atoms with Gasteiger partial charge in [0.25, 0.3) is 9.05 Å². The van der Waals surface area contributed by atoms with Crippen LogP contribution in [0, 0.1) is 11.8 Å². The average Bonchev–Trinajstić information content (AvgIpc) is 2.42. The van der Waals surface area contributed by atoms with E-state index in [1.165, 1.54) is 12.3 Å². The van der Waals surface area contributed by atoms with Crippen molar-refractivity contribution < 1.29 is 13.2 Å². The molecular weight excluding hydrogens is 298 g/mol. The Morgan fingerprint density at radius 2 is 2.15 bits per heavy atom. The monoisotopic (exact) mass is 309 g/mol. The largest absolute Gasteiger partial charge is 0.492 e. The highest BCUT2D eigenvalue weighted by molar-refractivity contribution is 8.14. The summed E-state index contributed by atoms with van der Waals surface area (Å²) in [5.41, 5.74) is 0.307. The molecule has 20 heavy (non-hydrogen) atoms. The molecule has 0 saturated heterocycles. The lowest BCUT2D eigenvalue weighted by Gasteiger charge is -2.09. The van der Waals surface area contributed by atoms with Gasteiger partial charge in [0.2, 0.25) is 0 Å². The molecule has 0 aliphatic heterocycles. The molecular formula is C14H12ClNO3S. The first-order valence-electron chi connectivity index (χ1n) is 5.89. The van der Waals surface area contributed by atoms with Crippen LogP contribution in [0.15, 0.2) is 35.4 Å². The molecule has 6 heteroatoms. The number of hydrogen-bond donors (Lipinski definition) is 0. The molecule has 1 aromatic carbocycles. The van der Waals surface area contributed by atoms with Crippen molar-refractivity contribution >= 4 is 30.6 Å². The van der Waals surface area contributed by atoms with E-state index in [1.54, 1.807) is 25.1 Å². The van der Waals surface area contributed by atoms with Crippen LogP contribution in [0.4, 0.5) is 0 Å². The number of rotatable bonds is 4. The predicted octanol–water partition coefficient (Wildman–Crippen LogP) is 2.95. The van der Waals surface area contributed by atoms with Crippen LogP contribution in [0.5, 0.6) is 5.75 Å². The molecule has 0 bridgehead atoms. The van der Waals surface area contributed by atoms with Crippen LogP contribution in [0.1, 0.15) is 13.3 Å². The fourth-order valence-electron chi connectivity index (χ4n) is 1.78. The van der Waals surface area contributed by atoms with Gasteiger partial charge in [0.15, 0.2) is 0 Å². The predicted molar refractivity (Wildman–Crippen MR) is 78.3 cm³/mol. The van der Waals surface area contributed by atoms with Gasteiger partial charge >= 0.3 is 0 Å². The van der Waals surface area contributed by atoms with Crippen LogP contribution in [-0.4, -0.2) is 20.0 Å². The number of fused-ring (bicyclic) bond motifs is 1.